The van der Waals surface area contributed by atoms with Gasteiger partial charge in [-0.15, -0.1) is 0 Å². The molecule has 0 bridgehead atoms. The number of nitrogens with zero attached hydrogens (tertiary/aromatic N) is 3. The van der Waals surface area contributed by atoms with Crippen LogP contribution in [-0.2, 0) is 13.0 Å². The van der Waals surface area contributed by atoms with Gasteiger partial charge >= 0.3 is 0 Å². The maximum atomic E-state index is 6.08. The van der Waals surface area contributed by atoms with Crippen LogP contribution < -0.4 is 11.3 Å². The summed E-state index contributed by atoms with van der Waals surface area (Å²) in [6, 6.07) is 5.57. The van der Waals surface area contributed by atoms with Crippen LogP contribution in [0.3, 0.4) is 0 Å². The highest BCUT2D eigenvalue weighted by Gasteiger charge is 2.18. The molecule has 1 aromatic heterocycles. The highest BCUT2D eigenvalue weighted by Crippen LogP contribution is 2.28. The van der Waals surface area contributed by atoms with Gasteiger partial charge in [-0.25, -0.2) is 9.67 Å². The zero-order chi connectivity index (χ0) is 15.4. The molecule has 3 N–H and O–H groups in total. The average molecular weight is 373 g/mol. The van der Waals surface area contributed by atoms with Crippen molar-refractivity contribution < 1.29 is 0 Å². The fourth-order valence-electron chi connectivity index (χ4n) is 2.17. The molecular formula is C14H19BrClN5. The van der Waals surface area contributed by atoms with Crippen LogP contribution in [0.5, 0.6) is 0 Å². The van der Waals surface area contributed by atoms with Gasteiger partial charge in [-0.2, -0.15) is 5.10 Å². The lowest BCUT2D eigenvalue weighted by Gasteiger charge is -2.18. The van der Waals surface area contributed by atoms with Crippen LogP contribution in [0, 0.1) is 5.92 Å². The number of hydrazine groups is 1. The van der Waals surface area contributed by atoms with Crippen molar-refractivity contribution in [1.29, 1.82) is 0 Å². The molecule has 2 aromatic rings. The maximum Gasteiger partial charge on any atom is 0.138 e. The van der Waals surface area contributed by atoms with Crippen molar-refractivity contribution in [2.24, 2.45) is 11.8 Å². The predicted octanol–water partition coefficient (Wildman–Crippen LogP) is 3.10. The normalized spacial score (nSPS) is 12.9. The van der Waals surface area contributed by atoms with E-state index in [1.807, 2.05) is 22.9 Å². The molecule has 0 aliphatic heterocycles. The zero-order valence-corrected chi connectivity index (χ0v) is 14.4. The molecule has 7 heteroatoms. The first-order valence-corrected chi connectivity index (χ1v) is 7.96. The van der Waals surface area contributed by atoms with Gasteiger partial charge in [-0.3, -0.25) is 11.3 Å². The second-order valence-electron chi connectivity index (χ2n) is 5.34. The molecule has 1 atom stereocenters. The second kappa shape index (κ2) is 7.35. The average Bonchev–Trinajstić information content (AvgIpc) is 2.85. The minimum Gasteiger partial charge on any atom is -0.271 e. The van der Waals surface area contributed by atoms with Crippen molar-refractivity contribution in [3.63, 3.8) is 0 Å². The Kier molecular flexibility index (Phi) is 5.75. The molecule has 2 rings (SSSR count). The Morgan fingerprint density at radius 1 is 1.43 bits per heavy atom. The molecule has 0 saturated carbocycles. The second-order valence-corrected chi connectivity index (χ2v) is 6.63. The number of hydrogen-bond donors (Lipinski definition) is 2. The van der Waals surface area contributed by atoms with Crippen molar-refractivity contribution >= 4 is 27.5 Å². The summed E-state index contributed by atoms with van der Waals surface area (Å²) in [7, 11) is 0. The van der Waals surface area contributed by atoms with E-state index in [0.29, 0.717) is 17.4 Å². The van der Waals surface area contributed by atoms with Crippen molar-refractivity contribution in [3.8, 4) is 0 Å². The first-order valence-electron chi connectivity index (χ1n) is 6.79. The maximum absolute atomic E-state index is 6.08. The molecule has 114 valence electrons. The molecule has 1 aromatic carbocycles. The smallest absolute Gasteiger partial charge is 0.138 e. The number of nitrogens with one attached hydrogen (secondary N) is 1. The molecule has 0 spiro atoms. The SMILES string of the molecule is CC(C)Cn1ncnc1CC(NN)c1cc(Cl)ccc1Br. The summed E-state index contributed by atoms with van der Waals surface area (Å²) < 4.78 is 2.89. The summed E-state index contributed by atoms with van der Waals surface area (Å²) >= 11 is 9.62. The minimum absolute atomic E-state index is 0.0896. The number of rotatable bonds is 6. The Morgan fingerprint density at radius 3 is 2.86 bits per heavy atom. The molecule has 0 saturated heterocycles. The molecule has 21 heavy (non-hydrogen) atoms. The Labute approximate surface area is 138 Å². The van der Waals surface area contributed by atoms with Crippen LogP contribution in [0.25, 0.3) is 0 Å². The van der Waals surface area contributed by atoms with Crippen molar-refractivity contribution in [1.82, 2.24) is 20.2 Å². The van der Waals surface area contributed by atoms with E-state index in [0.717, 1.165) is 22.4 Å². The van der Waals surface area contributed by atoms with Gasteiger partial charge < -0.3 is 0 Å². The highest BCUT2D eigenvalue weighted by molar-refractivity contribution is 9.10. The quantitative estimate of drug-likeness (QED) is 0.604. The standard InChI is InChI=1S/C14H19BrClN5/c1-9(2)7-21-14(18-8-19-21)6-13(20-17)11-5-10(16)3-4-12(11)15/h3-5,8-9,13,20H,6-7,17H2,1-2H3. The fraction of sp³-hybridized carbons (Fsp3) is 0.429. The number of benzene rings is 1. The molecule has 5 nitrogen and oxygen atoms in total. The number of aromatic nitrogens is 3. The number of halogens is 2. The van der Waals surface area contributed by atoms with Crippen LogP contribution in [-0.4, -0.2) is 14.8 Å². The van der Waals surface area contributed by atoms with Gasteiger partial charge in [-0.1, -0.05) is 41.4 Å². The molecule has 1 unspecified atom stereocenters. The van der Waals surface area contributed by atoms with Gasteiger partial charge in [0.2, 0.25) is 0 Å². The van der Waals surface area contributed by atoms with E-state index in [-0.39, 0.29) is 6.04 Å². The van der Waals surface area contributed by atoms with E-state index in [4.69, 9.17) is 17.4 Å². The van der Waals surface area contributed by atoms with E-state index in [1.165, 1.54) is 0 Å². The third-order valence-corrected chi connectivity index (χ3v) is 4.11. The lowest BCUT2D eigenvalue weighted by Crippen LogP contribution is -2.31. The van der Waals surface area contributed by atoms with Gasteiger partial charge in [0, 0.05) is 22.5 Å². The molecule has 1 heterocycles. The van der Waals surface area contributed by atoms with Crippen LogP contribution in [0.4, 0.5) is 0 Å². The van der Waals surface area contributed by atoms with E-state index < -0.39 is 0 Å². The largest absolute Gasteiger partial charge is 0.271 e. The fourth-order valence-corrected chi connectivity index (χ4v) is 2.87. The number of hydrogen-bond acceptors (Lipinski definition) is 4. The van der Waals surface area contributed by atoms with Crippen LogP contribution in [0.2, 0.25) is 5.02 Å². The van der Waals surface area contributed by atoms with Crippen molar-refractivity contribution in [2.45, 2.75) is 32.9 Å². The summed E-state index contributed by atoms with van der Waals surface area (Å²) in [4.78, 5) is 4.34. The highest BCUT2D eigenvalue weighted by atomic mass is 79.9. The third kappa shape index (κ3) is 4.26. The summed E-state index contributed by atoms with van der Waals surface area (Å²) in [6.45, 7) is 5.14. The van der Waals surface area contributed by atoms with E-state index >= 15 is 0 Å². The van der Waals surface area contributed by atoms with Crippen molar-refractivity contribution in [3.05, 3.63) is 45.4 Å². The number of nitrogens with two attached hydrogens (primary N) is 1. The van der Waals surface area contributed by atoms with E-state index in [2.05, 4.69) is 45.3 Å². The molecule has 0 aliphatic carbocycles. The molecule has 0 radical (unpaired) electrons. The molecule has 0 fully saturated rings. The van der Waals surface area contributed by atoms with Gasteiger partial charge in [-0.05, 0) is 29.7 Å². The summed E-state index contributed by atoms with van der Waals surface area (Å²) in [6.07, 6.45) is 2.22. The van der Waals surface area contributed by atoms with Crippen LogP contribution >= 0.6 is 27.5 Å². The first kappa shape index (κ1) is 16.4. The van der Waals surface area contributed by atoms with E-state index in [1.54, 1.807) is 6.33 Å². The van der Waals surface area contributed by atoms with Gasteiger partial charge in [0.1, 0.15) is 12.2 Å². The van der Waals surface area contributed by atoms with Crippen LogP contribution in [0.1, 0.15) is 31.3 Å². The molecule has 0 amide bonds. The minimum atomic E-state index is -0.0896. The summed E-state index contributed by atoms with van der Waals surface area (Å²) in [5.41, 5.74) is 3.84. The zero-order valence-electron chi connectivity index (χ0n) is 12.1. The van der Waals surface area contributed by atoms with Crippen LogP contribution in [0.15, 0.2) is 29.0 Å². The lowest BCUT2D eigenvalue weighted by atomic mass is 10.0. The monoisotopic (exact) mass is 371 g/mol. The Morgan fingerprint density at radius 2 is 2.19 bits per heavy atom. The van der Waals surface area contributed by atoms with Crippen molar-refractivity contribution in [2.75, 3.05) is 0 Å². The Bertz CT molecular complexity index is 599. The lowest BCUT2D eigenvalue weighted by molar-refractivity contribution is 0.446. The Hall–Kier alpha value is -0.950. The van der Waals surface area contributed by atoms with Gasteiger partial charge in [0.25, 0.3) is 0 Å². The van der Waals surface area contributed by atoms with Gasteiger partial charge in [0.15, 0.2) is 0 Å². The first-order chi connectivity index (χ1) is 10.0. The molecular weight excluding hydrogens is 354 g/mol. The Balaban J connectivity index is 2.23. The predicted molar refractivity (Wildman–Crippen MR) is 87.8 cm³/mol. The molecule has 0 aliphatic rings. The third-order valence-electron chi connectivity index (χ3n) is 3.16. The summed E-state index contributed by atoms with van der Waals surface area (Å²) in [5, 5.41) is 4.95. The van der Waals surface area contributed by atoms with E-state index in [9.17, 15) is 0 Å². The summed E-state index contributed by atoms with van der Waals surface area (Å²) in [5.74, 6) is 7.13. The van der Waals surface area contributed by atoms with Gasteiger partial charge in [0.05, 0.1) is 6.04 Å². The topological polar surface area (TPSA) is 68.8 Å².